The Hall–Kier alpha value is -0.130. The monoisotopic (exact) mass is 264 g/mol. The zero-order valence-electron chi connectivity index (χ0n) is 11.6. The second-order valence-electron chi connectivity index (χ2n) is 4.51. The number of rotatable bonds is 10. The molecule has 0 heterocycles. The van der Waals surface area contributed by atoms with Gasteiger partial charge in [-0.1, -0.05) is 33.6 Å². The van der Waals surface area contributed by atoms with Crippen molar-refractivity contribution in [3.63, 3.8) is 0 Å². The summed E-state index contributed by atoms with van der Waals surface area (Å²) in [5.41, 5.74) is 0. The standard InChI is InChI=1S/C12H28N2O2S/c1-5-12(6-2)11(4)14-17(15,16)10-8-9-13-7-3/h11-14H,5-10H2,1-4H3. The minimum absolute atomic E-state index is 0.0362. The van der Waals surface area contributed by atoms with Crippen molar-refractivity contribution in [2.45, 2.75) is 53.0 Å². The second-order valence-corrected chi connectivity index (χ2v) is 6.38. The molecule has 0 radical (unpaired) electrons. The van der Waals surface area contributed by atoms with Gasteiger partial charge in [-0.05, 0) is 32.4 Å². The van der Waals surface area contributed by atoms with E-state index in [0.717, 1.165) is 25.9 Å². The molecule has 1 unspecified atom stereocenters. The Morgan fingerprint density at radius 3 is 2.18 bits per heavy atom. The molecule has 0 rings (SSSR count). The van der Waals surface area contributed by atoms with Crippen molar-refractivity contribution < 1.29 is 8.42 Å². The van der Waals surface area contributed by atoms with E-state index in [-0.39, 0.29) is 11.8 Å². The molecule has 104 valence electrons. The largest absolute Gasteiger partial charge is 0.317 e. The van der Waals surface area contributed by atoms with Gasteiger partial charge in [0.25, 0.3) is 0 Å². The van der Waals surface area contributed by atoms with Crippen molar-refractivity contribution in [1.82, 2.24) is 10.0 Å². The summed E-state index contributed by atoms with van der Waals surface area (Å²) < 4.78 is 26.4. The molecule has 0 aromatic carbocycles. The molecular weight excluding hydrogens is 236 g/mol. The minimum atomic E-state index is -3.12. The number of hydrogen-bond donors (Lipinski definition) is 2. The van der Waals surface area contributed by atoms with Gasteiger partial charge in [-0.2, -0.15) is 0 Å². The van der Waals surface area contributed by atoms with Crippen LogP contribution < -0.4 is 10.0 Å². The first-order valence-electron chi connectivity index (χ1n) is 6.67. The Morgan fingerprint density at radius 1 is 1.12 bits per heavy atom. The van der Waals surface area contributed by atoms with Crippen molar-refractivity contribution in [2.24, 2.45) is 5.92 Å². The summed E-state index contributed by atoms with van der Waals surface area (Å²) in [4.78, 5) is 0. The molecule has 17 heavy (non-hydrogen) atoms. The molecule has 0 aliphatic heterocycles. The highest BCUT2D eigenvalue weighted by atomic mass is 32.2. The lowest BCUT2D eigenvalue weighted by atomic mass is 9.96. The molecule has 0 bridgehead atoms. The SMILES string of the molecule is CCNCCCS(=O)(=O)NC(C)C(CC)CC. The molecule has 0 spiro atoms. The van der Waals surface area contributed by atoms with E-state index in [1.807, 2.05) is 13.8 Å². The molecule has 0 aliphatic carbocycles. The van der Waals surface area contributed by atoms with E-state index in [2.05, 4.69) is 23.9 Å². The van der Waals surface area contributed by atoms with E-state index in [9.17, 15) is 8.42 Å². The quantitative estimate of drug-likeness (QED) is 0.591. The fraction of sp³-hybridized carbons (Fsp3) is 1.00. The van der Waals surface area contributed by atoms with Gasteiger partial charge in [0.15, 0.2) is 0 Å². The lowest BCUT2D eigenvalue weighted by molar-refractivity contribution is 0.390. The van der Waals surface area contributed by atoms with Gasteiger partial charge in [-0.25, -0.2) is 13.1 Å². The van der Waals surface area contributed by atoms with Crippen LogP contribution in [0.2, 0.25) is 0 Å². The summed E-state index contributed by atoms with van der Waals surface area (Å²) in [5.74, 6) is 0.642. The molecule has 0 amide bonds. The van der Waals surface area contributed by atoms with Gasteiger partial charge in [0.05, 0.1) is 5.75 Å². The average Bonchev–Trinajstić information content (AvgIpc) is 2.25. The predicted molar refractivity (Wildman–Crippen MR) is 73.6 cm³/mol. The van der Waals surface area contributed by atoms with Crippen LogP contribution in [0.15, 0.2) is 0 Å². The van der Waals surface area contributed by atoms with Crippen LogP contribution in [0, 0.1) is 5.92 Å². The van der Waals surface area contributed by atoms with Gasteiger partial charge in [0.2, 0.25) is 10.0 Å². The smallest absolute Gasteiger partial charge is 0.211 e. The normalized spacial score (nSPS) is 14.2. The average molecular weight is 264 g/mol. The van der Waals surface area contributed by atoms with Gasteiger partial charge in [-0.15, -0.1) is 0 Å². The Balaban J connectivity index is 4.06. The Kier molecular flexibility index (Phi) is 8.82. The third-order valence-corrected chi connectivity index (χ3v) is 4.69. The second kappa shape index (κ2) is 8.89. The van der Waals surface area contributed by atoms with Gasteiger partial charge in [0.1, 0.15) is 0 Å². The maximum Gasteiger partial charge on any atom is 0.211 e. The zero-order chi connectivity index (χ0) is 13.3. The lowest BCUT2D eigenvalue weighted by Gasteiger charge is -2.22. The van der Waals surface area contributed by atoms with E-state index >= 15 is 0 Å². The third-order valence-electron chi connectivity index (χ3n) is 3.14. The molecule has 2 N–H and O–H groups in total. The maximum atomic E-state index is 11.8. The lowest BCUT2D eigenvalue weighted by Crippen LogP contribution is -2.39. The highest BCUT2D eigenvalue weighted by molar-refractivity contribution is 7.89. The summed E-state index contributed by atoms with van der Waals surface area (Å²) in [7, 11) is -3.12. The van der Waals surface area contributed by atoms with Crippen molar-refractivity contribution in [3.8, 4) is 0 Å². The highest BCUT2D eigenvalue weighted by Gasteiger charge is 2.19. The van der Waals surface area contributed by atoms with Gasteiger partial charge >= 0.3 is 0 Å². The Labute approximate surface area is 107 Å². The number of nitrogens with one attached hydrogen (secondary N) is 2. The van der Waals surface area contributed by atoms with Crippen molar-refractivity contribution >= 4 is 10.0 Å². The highest BCUT2D eigenvalue weighted by Crippen LogP contribution is 2.13. The van der Waals surface area contributed by atoms with Crippen LogP contribution >= 0.6 is 0 Å². The van der Waals surface area contributed by atoms with Crippen LogP contribution in [0.25, 0.3) is 0 Å². The zero-order valence-corrected chi connectivity index (χ0v) is 12.4. The molecule has 5 heteroatoms. The van der Waals surface area contributed by atoms with Gasteiger partial charge in [-0.3, -0.25) is 0 Å². The first-order valence-corrected chi connectivity index (χ1v) is 8.32. The van der Waals surface area contributed by atoms with Gasteiger partial charge in [0, 0.05) is 6.04 Å². The summed E-state index contributed by atoms with van der Waals surface area (Å²) in [6.45, 7) is 9.82. The topological polar surface area (TPSA) is 58.2 Å². The minimum Gasteiger partial charge on any atom is -0.317 e. The van der Waals surface area contributed by atoms with E-state index in [0.29, 0.717) is 12.3 Å². The van der Waals surface area contributed by atoms with Crippen LogP contribution in [-0.2, 0) is 10.0 Å². The van der Waals surface area contributed by atoms with Crippen LogP contribution in [0.1, 0.15) is 47.0 Å². The van der Waals surface area contributed by atoms with E-state index in [4.69, 9.17) is 0 Å². The van der Waals surface area contributed by atoms with Crippen LogP contribution in [0.5, 0.6) is 0 Å². The van der Waals surface area contributed by atoms with Crippen LogP contribution in [0.4, 0.5) is 0 Å². The fourth-order valence-corrected chi connectivity index (χ4v) is 3.40. The van der Waals surface area contributed by atoms with E-state index in [1.54, 1.807) is 0 Å². The number of sulfonamides is 1. The maximum absolute atomic E-state index is 11.8. The molecule has 4 nitrogen and oxygen atoms in total. The van der Waals surface area contributed by atoms with Crippen LogP contribution in [-0.4, -0.2) is 33.3 Å². The Morgan fingerprint density at radius 2 is 1.71 bits per heavy atom. The summed E-state index contributed by atoms with van der Waals surface area (Å²) in [6.07, 6.45) is 2.69. The summed E-state index contributed by atoms with van der Waals surface area (Å²) >= 11 is 0. The molecule has 1 atom stereocenters. The van der Waals surface area contributed by atoms with Gasteiger partial charge < -0.3 is 5.32 Å². The first kappa shape index (κ1) is 16.9. The van der Waals surface area contributed by atoms with Crippen LogP contribution in [0.3, 0.4) is 0 Å². The fourth-order valence-electron chi connectivity index (χ4n) is 2.00. The molecule has 0 saturated carbocycles. The first-order chi connectivity index (χ1) is 7.96. The molecule has 0 saturated heterocycles. The molecule has 0 aromatic rings. The molecule has 0 fully saturated rings. The number of hydrogen-bond acceptors (Lipinski definition) is 3. The van der Waals surface area contributed by atoms with E-state index in [1.165, 1.54) is 0 Å². The Bertz CT molecular complexity index is 274. The summed E-state index contributed by atoms with van der Waals surface area (Å²) in [5, 5.41) is 3.13. The van der Waals surface area contributed by atoms with Crippen molar-refractivity contribution in [2.75, 3.05) is 18.8 Å². The third kappa shape index (κ3) is 7.73. The molecule has 0 aliphatic rings. The van der Waals surface area contributed by atoms with Crippen molar-refractivity contribution in [1.29, 1.82) is 0 Å². The predicted octanol–water partition coefficient (Wildman–Crippen LogP) is 1.73. The molecular formula is C12H28N2O2S. The van der Waals surface area contributed by atoms with Crippen molar-refractivity contribution in [3.05, 3.63) is 0 Å². The van der Waals surface area contributed by atoms with E-state index < -0.39 is 10.0 Å². The molecule has 0 aromatic heterocycles. The summed E-state index contributed by atoms with van der Waals surface area (Å²) in [6, 6.07) is 0.0362.